The van der Waals surface area contributed by atoms with Gasteiger partial charge in [0.05, 0.1) is 11.5 Å². The van der Waals surface area contributed by atoms with E-state index in [1.54, 1.807) is 24.3 Å². The molecular formula is C14H25ClN2O3S. The molecule has 0 aliphatic heterocycles. The topological polar surface area (TPSA) is 67.4 Å². The number of nitrogens with one attached hydrogen (secondary N) is 2. The second-order valence-electron chi connectivity index (χ2n) is 4.47. The number of ether oxygens (including phenoxy) is 1. The highest BCUT2D eigenvalue weighted by atomic mass is 35.5. The first kappa shape index (κ1) is 20.2. The number of benzene rings is 1. The summed E-state index contributed by atoms with van der Waals surface area (Å²) >= 11 is 0. The lowest BCUT2D eigenvalue weighted by Crippen LogP contribution is -2.32. The van der Waals surface area contributed by atoms with Crippen LogP contribution in [0.3, 0.4) is 0 Å². The van der Waals surface area contributed by atoms with Gasteiger partial charge in [0, 0.05) is 13.1 Å². The van der Waals surface area contributed by atoms with Gasteiger partial charge in [-0.1, -0.05) is 13.8 Å². The van der Waals surface area contributed by atoms with E-state index in [0.29, 0.717) is 25.4 Å². The van der Waals surface area contributed by atoms with E-state index >= 15 is 0 Å². The zero-order chi connectivity index (χ0) is 14.8. The van der Waals surface area contributed by atoms with Crippen LogP contribution < -0.4 is 14.8 Å². The largest absolute Gasteiger partial charge is 0.494 e. The Morgan fingerprint density at radius 1 is 1.00 bits per heavy atom. The molecule has 0 bridgehead atoms. The van der Waals surface area contributed by atoms with Gasteiger partial charge in [-0.2, -0.15) is 0 Å². The zero-order valence-electron chi connectivity index (χ0n) is 12.6. The molecule has 0 heterocycles. The van der Waals surface area contributed by atoms with Crippen molar-refractivity contribution in [2.24, 2.45) is 0 Å². The van der Waals surface area contributed by atoms with Gasteiger partial charge in [0.1, 0.15) is 5.75 Å². The summed E-state index contributed by atoms with van der Waals surface area (Å²) in [5.74, 6) is 0.690. The van der Waals surface area contributed by atoms with E-state index in [0.717, 1.165) is 19.4 Å². The van der Waals surface area contributed by atoms with E-state index in [2.05, 4.69) is 17.0 Å². The summed E-state index contributed by atoms with van der Waals surface area (Å²) in [6, 6.07) is 6.48. The molecule has 21 heavy (non-hydrogen) atoms. The normalized spacial score (nSPS) is 11.0. The minimum Gasteiger partial charge on any atom is -0.494 e. The Bertz CT molecular complexity index is 477. The van der Waals surface area contributed by atoms with Crippen LogP contribution in [0.15, 0.2) is 29.2 Å². The van der Waals surface area contributed by atoms with Gasteiger partial charge in [-0.15, -0.1) is 12.4 Å². The summed E-state index contributed by atoms with van der Waals surface area (Å²) in [4.78, 5) is 0.261. The van der Waals surface area contributed by atoms with Crippen molar-refractivity contribution >= 4 is 22.4 Å². The Kier molecular flexibility index (Phi) is 10.4. The molecule has 2 N–H and O–H groups in total. The Labute approximate surface area is 133 Å². The monoisotopic (exact) mass is 336 g/mol. The van der Waals surface area contributed by atoms with E-state index in [-0.39, 0.29) is 17.3 Å². The number of rotatable bonds is 10. The number of hydrogen-bond donors (Lipinski definition) is 2. The minimum atomic E-state index is -3.43. The van der Waals surface area contributed by atoms with Crippen molar-refractivity contribution in [3.05, 3.63) is 24.3 Å². The molecular weight excluding hydrogens is 312 g/mol. The van der Waals surface area contributed by atoms with E-state index in [1.807, 2.05) is 6.92 Å². The molecule has 0 saturated carbocycles. The van der Waals surface area contributed by atoms with Crippen LogP contribution in [0.5, 0.6) is 5.75 Å². The van der Waals surface area contributed by atoms with E-state index in [9.17, 15) is 8.42 Å². The van der Waals surface area contributed by atoms with Crippen LogP contribution in [0.4, 0.5) is 0 Å². The molecule has 0 fully saturated rings. The third-order valence-electron chi connectivity index (χ3n) is 2.63. The fourth-order valence-corrected chi connectivity index (χ4v) is 2.63. The minimum absolute atomic E-state index is 0. The standard InChI is InChI=1S/C14H24N2O3S.ClH/c1-3-9-15-10-11-16-20(17,18)14-7-5-13(6-8-14)19-12-4-2;/h5-8,15-16H,3-4,9-12H2,1-2H3;1H. The van der Waals surface area contributed by atoms with Crippen LogP contribution in [0.1, 0.15) is 26.7 Å². The van der Waals surface area contributed by atoms with Crippen molar-refractivity contribution < 1.29 is 13.2 Å². The number of sulfonamides is 1. The second-order valence-corrected chi connectivity index (χ2v) is 6.23. The maximum atomic E-state index is 12.0. The summed E-state index contributed by atoms with van der Waals surface area (Å²) in [5.41, 5.74) is 0. The third kappa shape index (κ3) is 7.66. The summed E-state index contributed by atoms with van der Waals surface area (Å²) in [5, 5.41) is 3.14. The maximum absolute atomic E-state index is 12.0. The van der Waals surface area contributed by atoms with Gasteiger partial charge in [-0.25, -0.2) is 13.1 Å². The van der Waals surface area contributed by atoms with Crippen LogP contribution in [0.2, 0.25) is 0 Å². The van der Waals surface area contributed by atoms with Gasteiger partial charge in [-0.05, 0) is 43.7 Å². The highest BCUT2D eigenvalue weighted by Crippen LogP contribution is 2.15. The lowest BCUT2D eigenvalue weighted by molar-refractivity contribution is 0.317. The SMILES string of the molecule is CCCNCCNS(=O)(=O)c1ccc(OCCC)cc1.Cl. The predicted molar refractivity (Wildman–Crippen MR) is 87.8 cm³/mol. The molecule has 0 amide bonds. The van der Waals surface area contributed by atoms with Gasteiger partial charge in [0.25, 0.3) is 0 Å². The second kappa shape index (κ2) is 10.8. The quantitative estimate of drug-likeness (QED) is 0.643. The molecule has 0 aromatic heterocycles. The van der Waals surface area contributed by atoms with Gasteiger partial charge < -0.3 is 10.1 Å². The molecule has 7 heteroatoms. The summed E-state index contributed by atoms with van der Waals surface area (Å²) < 4.78 is 32.0. The van der Waals surface area contributed by atoms with Crippen molar-refractivity contribution in [2.75, 3.05) is 26.2 Å². The van der Waals surface area contributed by atoms with E-state index in [4.69, 9.17) is 4.74 Å². The average Bonchev–Trinajstić information content (AvgIpc) is 2.45. The number of halogens is 1. The predicted octanol–water partition coefficient (Wildman–Crippen LogP) is 2.18. The van der Waals surface area contributed by atoms with E-state index < -0.39 is 10.0 Å². The Hall–Kier alpha value is -0.820. The van der Waals surface area contributed by atoms with Crippen LogP contribution in [-0.4, -0.2) is 34.7 Å². The molecule has 5 nitrogen and oxygen atoms in total. The molecule has 0 unspecified atom stereocenters. The van der Waals surface area contributed by atoms with Crippen LogP contribution in [-0.2, 0) is 10.0 Å². The molecule has 122 valence electrons. The van der Waals surface area contributed by atoms with Crippen LogP contribution >= 0.6 is 12.4 Å². The molecule has 1 aromatic carbocycles. The maximum Gasteiger partial charge on any atom is 0.240 e. The van der Waals surface area contributed by atoms with Crippen LogP contribution in [0, 0.1) is 0 Å². The van der Waals surface area contributed by atoms with E-state index in [1.165, 1.54) is 0 Å². The molecule has 0 spiro atoms. The van der Waals surface area contributed by atoms with Gasteiger partial charge in [0.2, 0.25) is 10.0 Å². The summed E-state index contributed by atoms with van der Waals surface area (Å²) in [6.07, 6.45) is 1.96. The van der Waals surface area contributed by atoms with Crippen molar-refractivity contribution in [3.8, 4) is 5.75 Å². The average molecular weight is 337 g/mol. The smallest absolute Gasteiger partial charge is 0.240 e. The fourth-order valence-electron chi connectivity index (χ4n) is 1.59. The molecule has 0 aliphatic carbocycles. The number of hydrogen-bond acceptors (Lipinski definition) is 4. The highest BCUT2D eigenvalue weighted by Gasteiger charge is 2.12. The molecule has 1 aromatic rings. The highest BCUT2D eigenvalue weighted by molar-refractivity contribution is 7.89. The van der Waals surface area contributed by atoms with Gasteiger partial charge in [0.15, 0.2) is 0 Å². The fraction of sp³-hybridized carbons (Fsp3) is 0.571. The molecule has 0 radical (unpaired) electrons. The zero-order valence-corrected chi connectivity index (χ0v) is 14.2. The first-order valence-electron chi connectivity index (χ1n) is 7.03. The van der Waals surface area contributed by atoms with Crippen molar-refractivity contribution in [3.63, 3.8) is 0 Å². The Morgan fingerprint density at radius 3 is 2.24 bits per heavy atom. The molecule has 0 atom stereocenters. The molecule has 0 saturated heterocycles. The lowest BCUT2D eigenvalue weighted by atomic mass is 10.3. The Morgan fingerprint density at radius 2 is 1.67 bits per heavy atom. The van der Waals surface area contributed by atoms with Gasteiger partial charge in [-0.3, -0.25) is 0 Å². The lowest BCUT2D eigenvalue weighted by Gasteiger charge is -2.09. The summed E-state index contributed by atoms with van der Waals surface area (Å²) in [6.45, 7) is 6.63. The Balaban J connectivity index is 0.00000400. The van der Waals surface area contributed by atoms with Crippen molar-refractivity contribution in [1.82, 2.24) is 10.0 Å². The first-order chi connectivity index (χ1) is 9.60. The molecule has 1 rings (SSSR count). The van der Waals surface area contributed by atoms with Gasteiger partial charge >= 0.3 is 0 Å². The first-order valence-corrected chi connectivity index (χ1v) is 8.51. The van der Waals surface area contributed by atoms with Crippen LogP contribution in [0.25, 0.3) is 0 Å². The molecule has 0 aliphatic rings. The summed E-state index contributed by atoms with van der Waals surface area (Å²) in [7, 11) is -3.43. The van der Waals surface area contributed by atoms with Crippen molar-refractivity contribution in [1.29, 1.82) is 0 Å². The third-order valence-corrected chi connectivity index (χ3v) is 4.10. The van der Waals surface area contributed by atoms with Crippen molar-refractivity contribution in [2.45, 2.75) is 31.6 Å².